The van der Waals surface area contributed by atoms with E-state index in [4.69, 9.17) is 16.4 Å². The van der Waals surface area contributed by atoms with Gasteiger partial charge in [0.15, 0.2) is 5.82 Å². The Morgan fingerprint density at radius 2 is 1.57 bits per heavy atom. The van der Waals surface area contributed by atoms with E-state index in [9.17, 15) is 53.9 Å². The maximum Gasteiger partial charge on any atom is 0.458 e. The Bertz CT molecular complexity index is 1690. The number of amides is 1. The van der Waals surface area contributed by atoms with E-state index >= 15 is 0 Å². The smallest absolute Gasteiger partial charge is 0.339 e. The Balaban J connectivity index is 0.000000324. The zero-order valence-electron chi connectivity index (χ0n) is 25.9. The van der Waals surface area contributed by atoms with Crippen molar-refractivity contribution in [1.82, 2.24) is 20.3 Å². The molecule has 0 aliphatic carbocycles. The highest BCUT2D eigenvalue weighted by Gasteiger charge is 2.54. The van der Waals surface area contributed by atoms with Crippen LogP contribution >= 0.6 is 11.6 Å². The van der Waals surface area contributed by atoms with E-state index in [1.54, 1.807) is 12.4 Å². The fourth-order valence-corrected chi connectivity index (χ4v) is 4.71. The third kappa shape index (κ3) is 13.4. The number of nitrogens with zero attached hydrogens (tertiary/aromatic N) is 3. The first kappa shape index (κ1) is 40.6. The molecular formula is C30H27ClF9N7O4. The standard InChI is InChI=1S/C24H26ClN7O.C4F6O2.C2HF3O/c25-20-14-28-24-30-19-8-16(12-27-13-19)3-4-17-10-18(29-23(20)32-24)5-6-21(17)31-22(33)9-15-2-1-7-26-11-15;5-3(6,7)1(11)2(12)4(8,9)10;3-2(4,5)1-6/h5-6,8,10,12-15,26H,1-4,7,9,11H2,(H,31,33)(H2,28,29,30,32);;1H/t15-;;/m1../s1. The maximum absolute atomic E-state index is 12.8. The predicted molar refractivity (Wildman–Crippen MR) is 165 cm³/mol. The summed E-state index contributed by atoms with van der Waals surface area (Å²) in [6, 6.07) is 7.94. The van der Waals surface area contributed by atoms with Gasteiger partial charge < -0.3 is 21.3 Å². The molecule has 0 unspecified atom stereocenters. The SMILES string of the molecule is O=C(C(=O)C(F)(F)F)C(F)(F)F.O=C(C[C@H]1CCCNC1)Nc1ccc2cc1CCc1cncc(c1)Nc1ncc(Cl)c(n1)N2.O=CC(F)(F)F. The lowest BCUT2D eigenvalue weighted by molar-refractivity contribution is -0.193. The molecule has 2 aliphatic rings. The molecule has 0 spiro atoms. The number of Topliss-reactive ketones (excluding diaryl/α,β-unsaturated/α-hetero) is 2. The van der Waals surface area contributed by atoms with Crippen molar-refractivity contribution in [3.05, 3.63) is 59.0 Å². The summed E-state index contributed by atoms with van der Waals surface area (Å²) in [6.45, 7) is 1.95. The molecule has 0 saturated carbocycles. The molecule has 1 fully saturated rings. The van der Waals surface area contributed by atoms with Crippen molar-refractivity contribution >= 4 is 64.2 Å². The number of carbonyl (C=O) groups excluding carboxylic acids is 4. The summed E-state index contributed by atoms with van der Waals surface area (Å²) >= 11 is 6.34. The molecule has 5 rings (SSSR count). The summed E-state index contributed by atoms with van der Waals surface area (Å²) in [7, 11) is 0. The van der Waals surface area contributed by atoms with Gasteiger partial charge in [-0.1, -0.05) is 11.6 Å². The van der Waals surface area contributed by atoms with E-state index in [0.717, 1.165) is 67.0 Å². The predicted octanol–water partition coefficient (Wildman–Crippen LogP) is 6.44. The van der Waals surface area contributed by atoms with Crippen LogP contribution in [0.25, 0.3) is 0 Å². The second-order valence-electron chi connectivity index (χ2n) is 10.9. The summed E-state index contributed by atoms with van der Waals surface area (Å²) < 4.78 is 98.2. The van der Waals surface area contributed by atoms with Crippen molar-refractivity contribution in [3.8, 4) is 0 Å². The third-order valence-electron chi connectivity index (χ3n) is 6.85. The molecule has 1 amide bonds. The van der Waals surface area contributed by atoms with Crippen LogP contribution in [0.15, 0.2) is 42.9 Å². The highest BCUT2D eigenvalue weighted by atomic mass is 35.5. The number of aromatic nitrogens is 3. The van der Waals surface area contributed by atoms with Crippen molar-refractivity contribution in [1.29, 1.82) is 0 Å². The number of hydrogen-bond acceptors (Lipinski definition) is 10. The van der Waals surface area contributed by atoms with Crippen LogP contribution in [0.4, 0.5) is 68.3 Å². The quantitative estimate of drug-likeness (QED) is 0.133. The van der Waals surface area contributed by atoms with Crippen molar-refractivity contribution in [2.75, 3.05) is 29.0 Å². The Morgan fingerprint density at radius 3 is 2.16 bits per heavy atom. The molecule has 4 heterocycles. The number of rotatable bonds is 4. The second kappa shape index (κ2) is 17.4. The maximum atomic E-state index is 12.8. The molecule has 1 saturated heterocycles. The van der Waals surface area contributed by atoms with Crippen LogP contribution in [0.5, 0.6) is 0 Å². The Labute approximate surface area is 287 Å². The third-order valence-corrected chi connectivity index (χ3v) is 7.12. The number of halogens is 10. The van der Waals surface area contributed by atoms with E-state index < -0.39 is 36.4 Å². The normalized spacial score (nSPS) is 15.6. The molecule has 2 aliphatic heterocycles. The van der Waals surface area contributed by atoms with Crippen LogP contribution in [-0.2, 0) is 32.0 Å². The van der Waals surface area contributed by atoms with Crippen LogP contribution < -0.4 is 21.3 Å². The van der Waals surface area contributed by atoms with Gasteiger partial charge in [-0.15, -0.1) is 0 Å². The molecule has 2 aromatic heterocycles. The molecule has 51 heavy (non-hydrogen) atoms. The number of benzene rings is 1. The molecule has 1 aromatic carbocycles. The molecule has 21 heteroatoms. The summed E-state index contributed by atoms with van der Waals surface area (Å²) in [5.74, 6) is -5.43. The minimum atomic E-state index is -5.77. The van der Waals surface area contributed by atoms with E-state index in [1.165, 1.54) is 0 Å². The van der Waals surface area contributed by atoms with E-state index in [-0.39, 0.29) is 5.91 Å². The molecule has 0 radical (unpaired) electrons. The number of ketones is 2. The van der Waals surface area contributed by atoms with Crippen LogP contribution in [-0.4, -0.2) is 70.3 Å². The van der Waals surface area contributed by atoms with Gasteiger partial charge in [0, 0.05) is 24.0 Å². The monoisotopic (exact) mass is 755 g/mol. The van der Waals surface area contributed by atoms with Crippen molar-refractivity contribution < 1.29 is 58.7 Å². The zero-order valence-corrected chi connectivity index (χ0v) is 26.7. The number of aldehydes is 1. The first-order chi connectivity index (χ1) is 23.7. The van der Waals surface area contributed by atoms with Gasteiger partial charge in [-0.05, 0) is 80.1 Å². The number of aryl methyl sites for hydroxylation is 2. The van der Waals surface area contributed by atoms with Crippen LogP contribution in [0.1, 0.15) is 30.4 Å². The number of fused-ring (bicyclic) bond motifs is 6. The number of carbonyl (C=O) groups is 4. The highest BCUT2D eigenvalue weighted by molar-refractivity contribution is 6.41. The first-order valence-electron chi connectivity index (χ1n) is 14.6. The molecule has 1 atom stereocenters. The van der Waals surface area contributed by atoms with Crippen molar-refractivity contribution in [3.63, 3.8) is 0 Å². The second-order valence-corrected chi connectivity index (χ2v) is 11.3. The summed E-state index contributed by atoms with van der Waals surface area (Å²) in [4.78, 5) is 53.8. The van der Waals surface area contributed by atoms with Crippen LogP contribution in [0, 0.1) is 5.92 Å². The number of pyridine rings is 1. The van der Waals surface area contributed by atoms with Gasteiger partial charge in [-0.2, -0.15) is 44.5 Å². The fourth-order valence-electron chi connectivity index (χ4n) is 4.57. The molecule has 3 aromatic rings. The lowest BCUT2D eigenvalue weighted by atomic mass is 9.95. The number of alkyl halides is 9. The molecular weight excluding hydrogens is 729 g/mol. The van der Waals surface area contributed by atoms with Gasteiger partial charge in [0.25, 0.3) is 0 Å². The molecule has 6 bridgehead atoms. The van der Waals surface area contributed by atoms with Gasteiger partial charge in [0.2, 0.25) is 18.1 Å². The van der Waals surface area contributed by atoms with E-state index in [2.05, 4.69) is 36.2 Å². The van der Waals surface area contributed by atoms with Gasteiger partial charge >= 0.3 is 30.1 Å². The topological polar surface area (TPSA) is 155 Å². The average Bonchev–Trinajstić information content (AvgIpc) is 3.05. The number of anilines is 5. The minimum Gasteiger partial charge on any atom is -0.339 e. The fraction of sp³-hybridized carbons (Fsp3) is 0.367. The minimum absolute atomic E-state index is 0.0555. The number of piperidine rings is 1. The van der Waals surface area contributed by atoms with Gasteiger partial charge in [0.05, 0.1) is 18.1 Å². The molecule has 11 nitrogen and oxygen atoms in total. The molecule has 4 N–H and O–H groups in total. The Hall–Kier alpha value is -4.85. The van der Waals surface area contributed by atoms with Crippen molar-refractivity contribution in [2.45, 2.75) is 50.6 Å². The van der Waals surface area contributed by atoms with E-state index in [1.807, 2.05) is 30.5 Å². The summed E-state index contributed by atoms with van der Waals surface area (Å²) in [6.07, 6.45) is -7.82. The van der Waals surface area contributed by atoms with Gasteiger partial charge in [-0.3, -0.25) is 24.2 Å². The van der Waals surface area contributed by atoms with Crippen LogP contribution in [0.3, 0.4) is 0 Å². The lowest BCUT2D eigenvalue weighted by Gasteiger charge is -2.22. The van der Waals surface area contributed by atoms with Crippen molar-refractivity contribution in [2.24, 2.45) is 5.92 Å². The number of hydrogen-bond donors (Lipinski definition) is 4. The summed E-state index contributed by atoms with van der Waals surface area (Å²) in [5.41, 5.74) is 4.60. The van der Waals surface area contributed by atoms with E-state index in [0.29, 0.717) is 29.1 Å². The van der Waals surface area contributed by atoms with Gasteiger partial charge in [0.1, 0.15) is 5.02 Å². The first-order valence-corrected chi connectivity index (χ1v) is 15.0. The summed E-state index contributed by atoms with van der Waals surface area (Å²) in [5, 5.41) is 13.4. The lowest BCUT2D eigenvalue weighted by Crippen LogP contribution is -2.39. The highest BCUT2D eigenvalue weighted by Crippen LogP contribution is 2.30. The van der Waals surface area contributed by atoms with Gasteiger partial charge in [-0.25, -0.2) is 4.98 Å². The Morgan fingerprint density at radius 1 is 0.902 bits per heavy atom. The number of nitrogens with one attached hydrogen (secondary N) is 4. The zero-order chi connectivity index (χ0) is 38.0. The largest absolute Gasteiger partial charge is 0.458 e. The van der Waals surface area contributed by atoms with Crippen LogP contribution in [0.2, 0.25) is 5.02 Å². The average molecular weight is 756 g/mol. The molecule has 276 valence electrons. The Kier molecular flexibility index (Phi) is 13.8.